The van der Waals surface area contributed by atoms with Gasteiger partial charge in [0, 0.05) is 6.20 Å². The van der Waals surface area contributed by atoms with Crippen molar-refractivity contribution in [1.82, 2.24) is 9.71 Å². The number of carbonyl (C=O) groups is 1. The molecule has 124 valence electrons. The van der Waals surface area contributed by atoms with Crippen LogP contribution in [0.5, 0.6) is 5.75 Å². The molecule has 0 amide bonds. The molecule has 0 atom stereocenters. The third-order valence-electron chi connectivity index (χ3n) is 3.19. The molecule has 0 spiro atoms. The molecule has 9 heteroatoms. The second-order valence-corrected chi connectivity index (χ2v) is 6.40. The molecule has 0 radical (unpaired) electrons. The number of carboxylic acid groups (broad SMARTS) is 1. The molecular formula is C14H16N2O6S. The summed E-state index contributed by atoms with van der Waals surface area (Å²) in [6, 6.07) is 3.30. The van der Waals surface area contributed by atoms with Gasteiger partial charge < -0.3 is 14.3 Å². The number of nitrogens with one attached hydrogen (secondary N) is 1. The molecule has 23 heavy (non-hydrogen) atoms. The normalized spacial score (nSPS) is 11.4. The van der Waals surface area contributed by atoms with E-state index in [1.54, 1.807) is 12.1 Å². The highest BCUT2D eigenvalue weighted by Crippen LogP contribution is 2.27. The van der Waals surface area contributed by atoms with Gasteiger partial charge in [-0.1, -0.05) is 0 Å². The van der Waals surface area contributed by atoms with E-state index in [2.05, 4.69) is 9.71 Å². The minimum Gasteiger partial charge on any atom is -0.495 e. The van der Waals surface area contributed by atoms with Crippen LogP contribution in [0.4, 0.5) is 0 Å². The van der Waals surface area contributed by atoms with Gasteiger partial charge in [-0.2, -0.15) is 0 Å². The Morgan fingerprint density at radius 1 is 1.39 bits per heavy atom. The van der Waals surface area contributed by atoms with E-state index < -0.39 is 16.0 Å². The van der Waals surface area contributed by atoms with Crippen LogP contribution < -0.4 is 9.46 Å². The van der Waals surface area contributed by atoms with E-state index in [1.165, 1.54) is 27.2 Å². The van der Waals surface area contributed by atoms with Crippen molar-refractivity contribution in [3.8, 4) is 5.75 Å². The number of furan rings is 1. The first-order valence-electron chi connectivity index (χ1n) is 6.58. The number of rotatable bonds is 6. The summed E-state index contributed by atoms with van der Waals surface area (Å²) in [5, 5.41) is 9.21. The zero-order chi connectivity index (χ0) is 17.2. The lowest BCUT2D eigenvalue weighted by Gasteiger charge is -2.09. The average molecular weight is 340 g/mol. The van der Waals surface area contributed by atoms with Gasteiger partial charge in [-0.25, -0.2) is 17.9 Å². The maximum absolute atomic E-state index is 12.5. The van der Waals surface area contributed by atoms with E-state index in [4.69, 9.17) is 9.15 Å². The molecular weight excluding hydrogens is 324 g/mol. The molecule has 2 aromatic rings. The average Bonchev–Trinajstić information content (AvgIpc) is 2.81. The van der Waals surface area contributed by atoms with Crippen LogP contribution in [0.2, 0.25) is 0 Å². The van der Waals surface area contributed by atoms with Gasteiger partial charge >= 0.3 is 5.97 Å². The first kappa shape index (κ1) is 17.0. The Morgan fingerprint density at radius 3 is 2.70 bits per heavy atom. The van der Waals surface area contributed by atoms with Crippen LogP contribution in [0.25, 0.3) is 0 Å². The van der Waals surface area contributed by atoms with E-state index in [-0.39, 0.29) is 28.5 Å². The summed E-state index contributed by atoms with van der Waals surface area (Å²) in [7, 11) is -2.64. The van der Waals surface area contributed by atoms with Crippen LogP contribution in [0.15, 0.2) is 27.6 Å². The van der Waals surface area contributed by atoms with E-state index in [0.29, 0.717) is 11.4 Å². The van der Waals surface area contributed by atoms with Crippen LogP contribution in [0, 0.1) is 13.8 Å². The van der Waals surface area contributed by atoms with Crippen molar-refractivity contribution in [3.05, 3.63) is 41.1 Å². The van der Waals surface area contributed by atoms with E-state index in [1.807, 2.05) is 0 Å². The lowest BCUT2D eigenvalue weighted by atomic mass is 10.2. The van der Waals surface area contributed by atoms with Gasteiger partial charge in [0.15, 0.2) is 0 Å². The predicted octanol–water partition coefficient (Wildman–Crippen LogP) is 1.48. The molecule has 8 nitrogen and oxygen atoms in total. The van der Waals surface area contributed by atoms with Crippen LogP contribution in [0.1, 0.15) is 27.6 Å². The maximum atomic E-state index is 12.5. The topological polar surface area (TPSA) is 119 Å². The third kappa shape index (κ3) is 3.35. The van der Waals surface area contributed by atoms with Gasteiger partial charge in [0.05, 0.1) is 19.3 Å². The Labute approximate surface area is 133 Å². The van der Waals surface area contributed by atoms with Crippen molar-refractivity contribution < 1.29 is 27.5 Å². The molecule has 2 aromatic heterocycles. The lowest BCUT2D eigenvalue weighted by Crippen LogP contribution is -2.26. The van der Waals surface area contributed by atoms with Crippen LogP contribution in [0.3, 0.4) is 0 Å². The molecule has 0 unspecified atom stereocenters. The molecule has 0 saturated heterocycles. The monoisotopic (exact) mass is 340 g/mol. The first-order valence-corrected chi connectivity index (χ1v) is 8.07. The number of nitrogens with zero attached hydrogens (tertiary/aromatic N) is 1. The molecule has 0 fully saturated rings. The van der Waals surface area contributed by atoms with Gasteiger partial charge in [-0.05, 0) is 26.0 Å². The zero-order valence-electron chi connectivity index (χ0n) is 12.8. The van der Waals surface area contributed by atoms with Crippen LogP contribution >= 0.6 is 0 Å². The number of ether oxygens (including phenoxy) is 1. The molecule has 0 aliphatic heterocycles. The highest BCUT2D eigenvalue weighted by molar-refractivity contribution is 7.89. The smallest absolute Gasteiger partial charge is 0.340 e. The number of methoxy groups -OCH3 is 1. The van der Waals surface area contributed by atoms with Crippen molar-refractivity contribution in [2.75, 3.05) is 7.11 Å². The minimum absolute atomic E-state index is 0.0142. The van der Waals surface area contributed by atoms with Gasteiger partial charge in [0.25, 0.3) is 0 Å². The SMILES string of the molecule is COc1cccnc1CNS(=O)(=O)c1c(C)oc(C)c1C(=O)O. The number of aromatic carboxylic acids is 1. The number of aryl methyl sites for hydroxylation is 2. The molecule has 2 heterocycles. The van der Waals surface area contributed by atoms with Crippen molar-refractivity contribution >= 4 is 16.0 Å². The second kappa shape index (κ2) is 6.39. The fourth-order valence-electron chi connectivity index (χ4n) is 2.21. The Kier molecular flexibility index (Phi) is 4.71. The summed E-state index contributed by atoms with van der Waals surface area (Å²) >= 11 is 0. The quantitative estimate of drug-likeness (QED) is 0.817. The number of carboxylic acids is 1. The minimum atomic E-state index is -4.09. The van der Waals surface area contributed by atoms with E-state index >= 15 is 0 Å². The molecule has 0 aliphatic carbocycles. The van der Waals surface area contributed by atoms with Gasteiger partial charge in [-0.3, -0.25) is 4.98 Å². The number of hydrogen-bond donors (Lipinski definition) is 2. The molecule has 2 rings (SSSR count). The summed E-state index contributed by atoms with van der Waals surface area (Å²) in [4.78, 5) is 15.0. The standard InChI is InChI=1S/C14H16N2O6S/c1-8-12(14(17)18)13(9(2)22-8)23(19,20)16-7-10-11(21-3)5-4-6-15-10/h4-6,16H,7H2,1-3H3,(H,17,18). The van der Waals surface area contributed by atoms with Crippen LogP contribution in [-0.2, 0) is 16.6 Å². The molecule has 0 bridgehead atoms. The maximum Gasteiger partial charge on any atom is 0.340 e. The van der Waals surface area contributed by atoms with Crippen molar-refractivity contribution in [2.24, 2.45) is 0 Å². The number of aromatic nitrogens is 1. The van der Waals surface area contributed by atoms with Gasteiger partial charge in [0.1, 0.15) is 27.7 Å². The number of sulfonamides is 1. The fourth-order valence-corrected chi connectivity index (χ4v) is 3.60. The molecule has 0 aliphatic rings. The zero-order valence-corrected chi connectivity index (χ0v) is 13.6. The summed E-state index contributed by atoms with van der Waals surface area (Å²) in [6.45, 7) is 2.65. The Morgan fingerprint density at radius 2 is 2.09 bits per heavy atom. The lowest BCUT2D eigenvalue weighted by molar-refractivity contribution is 0.0691. The van der Waals surface area contributed by atoms with Crippen LogP contribution in [-0.4, -0.2) is 31.6 Å². The fraction of sp³-hybridized carbons (Fsp3) is 0.286. The Hall–Kier alpha value is -2.39. The summed E-state index contributed by atoms with van der Waals surface area (Å²) < 4.78 is 37.5. The largest absolute Gasteiger partial charge is 0.495 e. The first-order chi connectivity index (χ1) is 10.8. The summed E-state index contributed by atoms with van der Waals surface area (Å²) in [5.41, 5.74) is 0.0105. The molecule has 0 aromatic carbocycles. The third-order valence-corrected chi connectivity index (χ3v) is 4.74. The highest BCUT2D eigenvalue weighted by atomic mass is 32.2. The molecule has 0 saturated carbocycles. The Balaban J connectivity index is 2.35. The van der Waals surface area contributed by atoms with Crippen molar-refractivity contribution in [2.45, 2.75) is 25.3 Å². The van der Waals surface area contributed by atoms with E-state index in [9.17, 15) is 18.3 Å². The van der Waals surface area contributed by atoms with Crippen molar-refractivity contribution in [1.29, 1.82) is 0 Å². The Bertz CT molecular complexity index is 841. The summed E-state index contributed by atoms with van der Waals surface area (Å²) in [6.07, 6.45) is 1.50. The molecule has 2 N–H and O–H groups in total. The number of hydrogen-bond acceptors (Lipinski definition) is 6. The van der Waals surface area contributed by atoms with Crippen molar-refractivity contribution in [3.63, 3.8) is 0 Å². The second-order valence-electron chi connectivity index (χ2n) is 4.70. The van der Waals surface area contributed by atoms with Gasteiger partial charge in [0.2, 0.25) is 10.0 Å². The van der Waals surface area contributed by atoms with E-state index in [0.717, 1.165) is 0 Å². The van der Waals surface area contributed by atoms with Gasteiger partial charge in [-0.15, -0.1) is 0 Å². The number of pyridine rings is 1. The highest BCUT2D eigenvalue weighted by Gasteiger charge is 2.30. The summed E-state index contributed by atoms with van der Waals surface area (Å²) in [5.74, 6) is -0.893. The predicted molar refractivity (Wildman–Crippen MR) is 80.0 cm³/mol.